The van der Waals surface area contributed by atoms with E-state index in [9.17, 15) is 36.5 Å². The highest BCUT2D eigenvalue weighted by Crippen LogP contribution is 2.43. The molecule has 0 atom stereocenters. The first-order valence-corrected chi connectivity index (χ1v) is 4.17. The summed E-state index contributed by atoms with van der Waals surface area (Å²) in [4.78, 5) is 8.82. The molecular weight excluding hydrogens is 270 g/mol. The molecule has 18 heavy (non-hydrogen) atoms. The van der Waals surface area contributed by atoms with E-state index in [0.29, 0.717) is 0 Å². The van der Waals surface area contributed by atoms with Crippen LogP contribution in [0.5, 0.6) is 0 Å². The van der Waals surface area contributed by atoms with Crippen molar-refractivity contribution in [1.29, 1.82) is 0 Å². The van der Waals surface area contributed by atoms with E-state index >= 15 is 0 Å². The maximum absolute atomic E-state index is 12.4. The van der Waals surface area contributed by atoms with Gasteiger partial charge < -0.3 is 5.73 Å². The Kier molecular flexibility index (Phi) is 3.15. The number of nitrogens with zero attached hydrogens (tertiary/aromatic N) is 1. The number of nitro benzene ring substituents is 1. The quantitative estimate of drug-likeness (QED) is 0.370. The number of hydrogen-bond acceptors (Lipinski definition) is 3. The van der Waals surface area contributed by atoms with E-state index in [1.54, 1.807) is 0 Å². The zero-order valence-electron chi connectivity index (χ0n) is 8.26. The lowest BCUT2D eigenvalue weighted by Crippen LogP contribution is -2.15. The molecule has 0 saturated heterocycles. The van der Waals surface area contributed by atoms with Crippen LogP contribution in [0.15, 0.2) is 12.1 Å². The lowest BCUT2D eigenvalue weighted by Gasteiger charge is -2.13. The normalized spacial score (nSPS) is 12.6. The van der Waals surface area contributed by atoms with Crippen molar-refractivity contribution < 1.29 is 31.3 Å². The van der Waals surface area contributed by atoms with Gasteiger partial charge in [-0.15, -0.1) is 0 Å². The zero-order chi connectivity index (χ0) is 14.3. The van der Waals surface area contributed by atoms with Crippen LogP contribution in [-0.2, 0) is 12.4 Å². The summed E-state index contributed by atoms with van der Waals surface area (Å²) in [7, 11) is 0. The molecule has 0 heterocycles. The van der Waals surface area contributed by atoms with Crippen LogP contribution < -0.4 is 5.73 Å². The average molecular weight is 274 g/mol. The summed E-state index contributed by atoms with van der Waals surface area (Å²) in [6, 6.07) is -0.186. The third-order valence-electron chi connectivity index (χ3n) is 1.96. The number of nitrogens with two attached hydrogens (primary N) is 1. The molecule has 10 heteroatoms. The van der Waals surface area contributed by atoms with Crippen molar-refractivity contribution in [1.82, 2.24) is 0 Å². The Hall–Kier alpha value is -2.00. The van der Waals surface area contributed by atoms with Crippen LogP contribution in [0.1, 0.15) is 11.1 Å². The molecule has 100 valence electrons. The number of halogens is 6. The molecule has 4 nitrogen and oxygen atoms in total. The number of anilines is 1. The van der Waals surface area contributed by atoms with Gasteiger partial charge in [0.25, 0.3) is 5.69 Å². The number of nitro groups is 1. The number of nitrogen functional groups attached to an aromatic ring is 1. The van der Waals surface area contributed by atoms with E-state index in [2.05, 4.69) is 0 Å². The van der Waals surface area contributed by atoms with E-state index < -0.39 is 39.8 Å². The molecule has 0 radical (unpaired) electrons. The van der Waals surface area contributed by atoms with Crippen LogP contribution in [0.3, 0.4) is 0 Å². The second kappa shape index (κ2) is 4.03. The van der Waals surface area contributed by atoms with Gasteiger partial charge in [-0.2, -0.15) is 26.3 Å². The summed E-state index contributed by atoms with van der Waals surface area (Å²) < 4.78 is 74.1. The van der Waals surface area contributed by atoms with Crippen LogP contribution in [0.4, 0.5) is 37.7 Å². The van der Waals surface area contributed by atoms with Gasteiger partial charge in [0.2, 0.25) is 0 Å². The molecule has 0 fully saturated rings. The Labute approximate surface area is 95.1 Å². The molecule has 2 N–H and O–H groups in total. The zero-order valence-corrected chi connectivity index (χ0v) is 8.26. The maximum atomic E-state index is 12.4. The van der Waals surface area contributed by atoms with Gasteiger partial charge in [0.05, 0.1) is 16.2 Å². The van der Waals surface area contributed by atoms with Gasteiger partial charge in [-0.25, -0.2) is 0 Å². The van der Waals surface area contributed by atoms with Crippen LogP contribution >= 0.6 is 0 Å². The number of hydrogen-bond donors (Lipinski definition) is 1. The van der Waals surface area contributed by atoms with E-state index in [1.165, 1.54) is 0 Å². The van der Waals surface area contributed by atoms with Gasteiger partial charge in [0.15, 0.2) is 5.56 Å². The largest absolute Gasteiger partial charge is 0.425 e. The molecule has 0 amide bonds. The molecule has 0 aromatic heterocycles. The first kappa shape index (κ1) is 14.1. The Bertz CT molecular complexity index is 494. The summed E-state index contributed by atoms with van der Waals surface area (Å²) in [6.45, 7) is 0. The fourth-order valence-electron chi connectivity index (χ4n) is 1.27. The lowest BCUT2D eigenvalue weighted by molar-refractivity contribution is -0.388. The second-order valence-corrected chi connectivity index (χ2v) is 3.21. The summed E-state index contributed by atoms with van der Waals surface area (Å²) in [5.41, 5.74) is -1.75. The lowest BCUT2D eigenvalue weighted by atomic mass is 10.1. The maximum Gasteiger partial charge on any atom is 0.425 e. The SMILES string of the molecule is Nc1cc(C(F)(F)F)cc([N+](=O)[O-])c1C(F)(F)F. The highest BCUT2D eigenvalue weighted by atomic mass is 19.4. The molecule has 1 aromatic rings. The molecule has 0 bridgehead atoms. The van der Waals surface area contributed by atoms with Gasteiger partial charge in [-0.05, 0) is 6.07 Å². The molecular formula is C8H4F6N2O2. The third-order valence-corrected chi connectivity index (χ3v) is 1.96. The smallest absolute Gasteiger partial charge is 0.398 e. The van der Waals surface area contributed by atoms with Crippen LogP contribution in [0, 0.1) is 10.1 Å². The van der Waals surface area contributed by atoms with Crippen LogP contribution in [-0.4, -0.2) is 4.92 Å². The van der Waals surface area contributed by atoms with Crippen molar-refractivity contribution in [3.05, 3.63) is 33.4 Å². The molecule has 0 aliphatic rings. The minimum atomic E-state index is -5.21. The fourth-order valence-corrected chi connectivity index (χ4v) is 1.27. The molecule has 0 saturated carbocycles. The highest BCUT2D eigenvalue weighted by molar-refractivity contribution is 5.62. The highest BCUT2D eigenvalue weighted by Gasteiger charge is 2.43. The van der Waals surface area contributed by atoms with Gasteiger partial charge in [0.1, 0.15) is 0 Å². The second-order valence-electron chi connectivity index (χ2n) is 3.21. The van der Waals surface area contributed by atoms with Crippen molar-refractivity contribution >= 4 is 11.4 Å². The molecule has 0 unspecified atom stereocenters. The van der Waals surface area contributed by atoms with Gasteiger partial charge in [-0.1, -0.05) is 0 Å². The van der Waals surface area contributed by atoms with Crippen molar-refractivity contribution in [3.8, 4) is 0 Å². The topological polar surface area (TPSA) is 69.2 Å². The monoisotopic (exact) mass is 274 g/mol. The van der Waals surface area contributed by atoms with Gasteiger partial charge >= 0.3 is 12.4 Å². The number of rotatable bonds is 1. The molecule has 1 aromatic carbocycles. The van der Waals surface area contributed by atoms with Crippen LogP contribution in [0.2, 0.25) is 0 Å². The van der Waals surface area contributed by atoms with Crippen molar-refractivity contribution in [2.75, 3.05) is 5.73 Å². The first-order chi connectivity index (χ1) is 7.94. The summed E-state index contributed by atoms with van der Waals surface area (Å²) >= 11 is 0. The van der Waals surface area contributed by atoms with Gasteiger partial charge in [0, 0.05) is 6.07 Å². The number of alkyl halides is 6. The minimum absolute atomic E-state index is 0.00975. The Balaban J connectivity index is 3.62. The standard InChI is InChI=1S/C8H4F6N2O2/c9-7(10,11)3-1-4(15)6(8(12,13)14)5(2-3)16(17)18/h1-2H,15H2. The van der Waals surface area contributed by atoms with E-state index in [4.69, 9.17) is 5.73 Å². The fraction of sp³-hybridized carbons (Fsp3) is 0.250. The Morgan fingerprint density at radius 2 is 1.56 bits per heavy atom. The van der Waals surface area contributed by atoms with Crippen LogP contribution in [0.25, 0.3) is 0 Å². The summed E-state index contributed by atoms with van der Waals surface area (Å²) in [5, 5.41) is 10.4. The Morgan fingerprint density at radius 1 is 1.06 bits per heavy atom. The molecule has 1 rings (SSSR count). The molecule has 0 aliphatic carbocycles. The first-order valence-electron chi connectivity index (χ1n) is 4.17. The van der Waals surface area contributed by atoms with Crippen molar-refractivity contribution in [2.24, 2.45) is 0 Å². The molecule has 0 aliphatic heterocycles. The van der Waals surface area contributed by atoms with Crippen molar-refractivity contribution in [2.45, 2.75) is 12.4 Å². The summed E-state index contributed by atoms with van der Waals surface area (Å²) in [5.74, 6) is 0. The van der Waals surface area contributed by atoms with E-state index in [0.717, 1.165) is 0 Å². The predicted octanol–water partition coefficient (Wildman–Crippen LogP) is 3.21. The predicted molar refractivity (Wildman–Crippen MR) is 47.5 cm³/mol. The summed E-state index contributed by atoms with van der Waals surface area (Å²) in [6.07, 6.45) is -10.2. The Morgan fingerprint density at radius 3 is 1.89 bits per heavy atom. The molecule has 0 spiro atoms. The average Bonchev–Trinajstić information content (AvgIpc) is 2.12. The van der Waals surface area contributed by atoms with E-state index in [1.807, 2.05) is 0 Å². The van der Waals surface area contributed by atoms with Crippen molar-refractivity contribution in [3.63, 3.8) is 0 Å². The minimum Gasteiger partial charge on any atom is -0.398 e. The van der Waals surface area contributed by atoms with E-state index in [-0.39, 0.29) is 12.1 Å². The number of benzene rings is 1. The third kappa shape index (κ3) is 2.63. The van der Waals surface area contributed by atoms with Gasteiger partial charge in [-0.3, -0.25) is 10.1 Å².